The molecule has 4 atom stereocenters. The number of hydrogen-bond acceptors (Lipinski definition) is 9. The maximum Gasteiger partial charge on any atom is 0.247 e. The van der Waals surface area contributed by atoms with Gasteiger partial charge in [-0.25, -0.2) is 13.9 Å². The van der Waals surface area contributed by atoms with E-state index in [9.17, 15) is 14.4 Å². The molecule has 2 fully saturated rings. The third-order valence-corrected chi connectivity index (χ3v) is 7.22. The summed E-state index contributed by atoms with van der Waals surface area (Å²) in [4.78, 5) is 43.7. The van der Waals surface area contributed by atoms with E-state index in [1.54, 1.807) is 17.9 Å². The van der Waals surface area contributed by atoms with Gasteiger partial charge in [0, 0.05) is 12.7 Å². The van der Waals surface area contributed by atoms with Crippen molar-refractivity contribution in [2.45, 2.75) is 44.9 Å². The van der Waals surface area contributed by atoms with E-state index >= 15 is 4.39 Å². The van der Waals surface area contributed by atoms with E-state index in [-0.39, 0.29) is 53.0 Å². The molecule has 2 amide bonds. The number of rotatable bonds is 1. The zero-order chi connectivity index (χ0) is 25.5. The van der Waals surface area contributed by atoms with Gasteiger partial charge in [0.1, 0.15) is 5.41 Å². The van der Waals surface area contributed by atoms with Crippen LogP contribution in [0.5, 0.6) is 0 Å². The first kappa shape index (κ1) is 22.2. The lowest BCUT2D eigenvalue weighted by atomic mass is 9.63. The van der Waals surface area contributed by atoms with E-state index < -0.39 is 47.4 Å². The quantitative estimate of drug-likeness (QED) is 0.291. The average molecular weight is 493 g/mol. The molecule has 3 aliphatic heterocycles. The van der Waals surface area contributed by atoms with Crippen molar-refractivity contribution < 1.29 is 28.0 Å². The summed E-state index contributed by atoms with van der Waals surface area (Å²) >= 11 is 0. The Labute approximate surface area is 202 Å². The van der Waals surface area contributed by atoms with Crippen molar-refractivity contribution in [1.29, 1.82) is 0 Å². The molecule has 12 nitrogen and oxygen atoms in total. The highest BCUT2D eigenvalue weighted by Gasteiger charge is 2.62. The first-order valence-corrected chi connectivity index (χ1v) is 11.3. The molecule has 5 heterocycles. The highest BCUT2D eigenvalue weighted by molar-refractivity contribution is 6.22. The zero-order valence-corrected chi connectivity index (χ0v) is 19.2. The first-order valence-electron chi connectivity index (χ1n) is 11.3. The van der Waals surface area contributed by atoms with E-state index in [0.717, 1.165) is 0 Å². The predicted molar refractivity (Wildman–Crippen MR) is 122 cm³/mol. The number of morpholine rings is 1. The number of carbonyl (C=O) groups is 3. The number of fused-ring (bicyclic) bond motifs is 5. The Kier molecular flexibility index (Phi) is 4.52. The molecule has 2 aromatic heterocycles. The van der Waals surface area contributed by atoms with Crippen LogP contribution in [0.2, 0.25) is 0 Å². The molecule has 13 heteroatoms. The van der Waals surface area contributed by atoms with Gasteiger partial charge in [0.05, 0.1) is 42.3 Å². The molecule has 1 aromatic carbocycles. The Morgan fingerprint density at radius 2 is 2.11 bits per heavy atom. The third-order valence-electron chi connectivity index (χ3n) is 7.22. The van der Waals surface area contributed by atoms with E-state index in [0.29, 0.717) is 5.56 Å². The van der Waals surface area contributed by atoms with Crippen LogP contribution in [-0.4, -0.2) is 57.3 Å². The summed E-state index contributed by atoms with van der Waals surface area (Å²) in [7, 11) is 0. The second-order valence-electron chi connectivity index (χ2n) is 9.41. The van der Waals surface area contributed by atoms with Gasteiger partial charge in [-0.05, 0) is 31.9 Å². The molecule has 0 bridgehead atoms. The highest BCUT2D eigenvalue weighted by Crippen LogP contribution is 2.50. The molecule has 0 saturated carbocycles. The van der Waals surface area contributed by atoms with Crippen LogP contribution in [0.4, 0.5) is 21.6 Å². The minimum absolute atomic E-state index is 0.0215. The fraction of sp³-hybridized carbons (Fsp3) is 0.391. The molecule has 184 valence electrons. The Morgan fingerprint density at radius 1 is 1.33 bits per heavy atom. The van der Waals surface area contributed by atoms with E-state index in [2.05, 4.69) is 20.4 Å². The van der Waals surface area contributed by atoms with Crippen LogP contribution in [0, 0.1) is 17.8 Å². The molecule has 1 unspecified atom stereocenters. The van der Waals surface area contributed by atoms with Gasteiger partial charge >= 0.3 is 0 Å². The van der Waals surface area contributed by atoms with Crippen LogP contribution in [0.3, 0.4) is 0 Å². The number of imide groups is 1. The topological polar surface area (TPSA) is 150 Å². The highest BCUT2D eigenvalue weighted by atomic mass is 19.1. The maximum atomic E-state index is 16.1. The summed E-state index contributed by atoms with van der Waals surface area (Å²) in [6.07, 6.45) is -0.173. The second kappa shape index (κ2) is 7.34. The van der Waals surface area contributed by atoms with Gasteiger partial charge in [0.2, 0.25) is 28.9 Å². The summed E-state index contributed by atoms with van der Waals surface area (Å²) < 4.78 is 28.7. The lowest BCUT2D eigenvalue weighted by molar-refractivity contribution is -0.158. The Morgan fingerprint density at radius 3 is 2.81 bits per heavy atom. The molecule has 3 aliphatic rings. The largest absolute Gasteiger partial charge is 0.391 e. The molecule has 0 radical (unpaired) electrons. The number of carbonyl (C=O) groups excluding carboxylic acids is 3. The predicted octanol–water partition coefficient (Wildman–Crippen LogP) is 1.43. The second-order valence-corrected chi connectivity index (χ2v) is 9.41. The van der Waals surface area contributed by atoms with Crippen molar-refractivity contribution >= 4 is 45.8 Å². The van der Waals surface area contributed by atoms with Crippen LogP contribution in [0.25, 0.3) is 21.6 Å². The minimum Gasteiger partial charge on any atom is -0.391 e. The number of Topliss-reactive ketones (excluding diaryl/α,β-unsaturated/α-hetero) is 1. The Balaban J connectivity index is 1.59. The number of hydrogen-bond donors (Lipinski definition) is 2. The van der Waals surface area contributed by atoms with Crippen molar-refractivity contribution in [3.05, 3.63) is 35.1 Å². The number of nitrogens with one attached hydrogen (secondary N) is 1. The van der Waals surface area contributed by atoms with Gasteiger partial charge in [0.15, 0.2) is 17.4 Å². The van der Waals surface area contributed by atoms with Gasteiger partial charge in [-0.3, -0.25) is 19.7 Å². The number of amides is 2. The lowest BCUT2D eigenvalue weighted by Gasteiger charge is -2.55. The number of nitrogens with zero attached hydrogens (tertiary/aromatic N) is 5. The van der Waals surface area contributed by atoms with Crippen molar-refractivity contribution in [3.63, 3.8) is 0 Å². The van der Waals surface area contributed by atoms with E-state index in [1.165, 1.54) is 10.9 Å². The maximum absolute atomic E-state index is 16.1. The standard InChI is InChI=1S/C23H20FN7O5/c1-9-7-30-17-11(6-23(19(30)10(2)35-9)14(32)5-15(33)27-22(23)34)4-12-18(16(17)24)36-29-21(12)31-8-13(26-3)20(25)28-31/h4,8-10,19H,5-7H2,1-2H3,(H2,25,28)(H,27,33,34)/t9-,10+,19-,23?/m1/s1. The first-order chi connectivity index (χ1) is 17.1. The van der Waals surface area contributed by atoms with Crippen molar-refractivity contribution in [2.75, 3.05) is 17.2 Å². The van der Waals surface area contributed by atoms with E-state index in [4.69, 9.17) is 21.6 Å². The summed E-state index contributed by atoms with van der Waals surface area (Å²) in [5, 5.41) is 10.6. The van der Waals surface area contributed by atoms with Crippen molar-refractivity contribution in [3.8, 4) is 5.82 Å². The number of piperidine rings is 1. The molecule has 36 heavy (non-hydrogen) atoms. The van der Waals surface area contributed by atoms with Crippen LogP contribution in [0.15, 0.2) is 16.8 Å². The number of anilines is 2. The molecule has 6 rings (SSSR count). The van der Waals surface area contributed by atoms with Gasteiger partial charge in [-0.15, -0.1) is 0 Å². The molecular formula is C23H20FN7O5. The normalized spacial score (nSPS) is 27.7. The number of ether oxygens (including phenoxy) is 1. The number of ketones is 1. The summed E-state index contributed by atoms with van der Waals surface area (Å²) in [6.45, 7) is 11.0. The van der Waals surface area contributed by atoms with Crippen LogP contribution >= 0.6 is 0 Å². The van der Waals surface area contributed by atoms with Crippen LogP contribution in [-0.2, 0) is 25.5 Å². The number of nitrogens with two attached hydrogens (primary N) is 1. The fourth-order valence-corrected chi connectivity index (χ4v) is 5.87. The minimum atomic E-state index is -1.65. The van der Waals surface area contributed by atoms with E-state index in [1.807, 2.05) is 6.92 Å². The average Bonchev–Trinajstić information content (AvgIpc) is 3.39. The smallest absolute Gasteiger partial charge is 0.247 e. The fourth-order valence-electron chi connectivity index (χ4n) is 5.87. The van der Waals surface area contributed by atoms with Gasteiger partial charge in [-0.1, -0.05) is 5.16 Å². The molecule has 3 aromatic rings. The number of halogens is 1. The molecule has 1 spiro atoms. The van der Waals surface area contributed by atoms with Crippen molar-refractivity contribution in [2.24, 2.45) is 5.41 Å². The number of nitrogen functional groups attached to an aromatic ring is 1. The summed E-state index contributed by atoms with van der Waals surface area (Å²) in [5.74, 6) is -2.54. The Bertz CT molecular complexity index is 1520. The van der Waals surface area contributed by atoms with Gasteiger partial charge < -0.3 is 19.9 Å². The van der Waals surface area contributed by atoms with Crippen molar-refractivity contribution in [1.82, 2.24) is 20.3 Å². The summed E-state index contributed by atoms with van der Waals surface area (Å²) in [6, 6.07) is 0.776. The van der Waals surface area contributed by atoms with Gasteiger partial charge in [-0.2, -0.15) is 5.10 Å². The molecule has 3 N–H and O–H groups in total. The zero-order valence-electron chi connectivity index (χ0n) is 19.2. The lowest BCUT2D eigenvalue weighted by Crippen LogP contribution is -2.72. The molecule has 0 aliphatic carbocycles. The monoisotopic (exact) mass is 493 g/mol. The van der Waals surface area contributed by atoms with Crippen LogP contribution in [0.1, 0.15) is 25.8 Å². The SMILES string of the molecule is [C-]#[N+]c1cn(-c2noc3c(F)c4c(cc23)CC2(C(=O)CC(=O)NC2=O)[C@H]2[C@H](C)O[C@H](C)CN42)nc1N. The molecular weight excluding hydrogens is 473 g/mol. The van der Waals surface area contributed by atoms with Crippen LogP contribution < -0.4 is 16.0 Å². The summed E-state index contributed by atoms with van der Waals surface area (Å²) in [5.41, 5.74) is 4.65. The molecule has 2 saturated heterocycles. The van der Waals surface area contributed by atoms with Gasteiger partial charge in [0.25, 0.3) is 0 Å². The Hall–Kier alpha value is -4.31. The number of benzene rings is 1. The third kappa shape index (κ3) is 2.78. The number of aromatic nitrogens is 3.